The second-order valence-electron chi connectivity index (χ2n) is 1.91. The van der Waals surface area contributed by atoms with Gasteiger partial charge in [0.05, 0.1) is 0 Å². The van der Waals surface area contributed by atoms with Crippen LogP contribution >= 0.6 is 0 Å². The van der Waals surface area contributed by atoms with E-state index in [1.54, 1.807) is 0 Å². The van der Waals surface area contributed by atoms with Gasteiger partial charge in [0.1, 0.15) is 0 Å². The summed E-state index contributed by atoms with van der Waals surface area (Å²) in [4.78, 5) is 0. The number of hydrogen-bond donors (Lipinski definition) is 0. The Morgan fingerprint density at radius 2 is 1.62 bits per heavy atom. The molecule has 0 heterocycles. The van der Waals surface area contributed by atoms with Crippen LogP contribution in [0.25, 0.3) is 0 Å². The molecule has 0 amide bonds. The molecule has 0 N–H and O–H groups in total. The predicted molar refractivity (Wildman–Crippen MR) is 32.9 cm³/mol. The van der Waals surface area contributed by atoms with Crippen LogP contribution in [0.15, 0.2) is 17.7 Å². The Morgan fingerprint density at radius 1 is 1.25 bits per heavy atom. The van der Waals surface area contributed by atoms with Crippen LogP contribution in [-0.2, 0) is 32.7 Å². The van der Waals surface area contributed by atoms with Crippen molar-refractivity contribution in [2.24, 2.45) is 0 Å². The van der Waals surface area contributed by atoms with Crippen molar-refractivity contribution in [2.45, 2.75) is 20.8 Å². The van der Waals surface area contributed by atoms with Gasteiger partial charge in [-0.3, -0.25) is 0 Å². The van der Waals surface area contributed by atoms with Crippen LogP contribution in [0.5, 0.6) is 0 Å². The molecule has 0 aliphatic heterocycles. The van der Waals surface area contributed by atoms with Gasteiger partial charge in [-0.2, -0.15) is 5.57 Å². The summed E-state index contributed by atoms with van der Waals surface area (Å²) in [5.74, 6) is 0. The van der Waals surface area contributed by atoms with Gasteiger partial charge < -0.3 is 0 Å². The third-order valence-corrected chi connectivity index (χ3v) is 0.463. The fourth-order valence-corrected chi connectivity index (χ4v) is 0.427. The van der Waals surface area contributed by atoms with E-state index in [0.717, 1.165) is 5.57 Å². The average molecular weight is 184 g/mol. The first kappa shape index (κ1) is 11.4. The Balaban J connectivity index is 0. The molecule has 0 atom stereocenters. The van der Waals surface area contributed by atoms with Crippen molar-refractivity contribution in [3.05, 3.63) is 23.8 Å². The molecule has 0 aromatic heterocycles. The zero-order chi connectivity index (χ0) is 5.86. The smallest absolute Gasteiger partial charge is 0 e. The van der Waals surface area contributed by atoms with E-state index < -0.39 is 0 Å². The molecule has 0 aromatic rings. The summed E-state index contributed by atoms with van der Waals surface area (Å²) in [6.45, 7) is 9.62. The van der Waals surface area contributed by atoms with Gasteiger partial charge in [-0.1, -0.05) is 20.8 Å². The summed E-state index contributed by atoms with van der Waals surface area (Å²) >= 11 is 0. The fourth-order valence-electron chi connectivity index (χ4n) is 0.427. The predicted octanol–water partition coefficient (Wildman–Crippen LogP) is 2.33. The molecule has 0 aromatic carbocycles. The van der Waals surface area contributed by atoms with Crippen molar-refractivity contribution >= 4 is 0 Å². The van der Waals surface area contributed by atoms with Gasteiger partial charge in [0, 0.05) is 32.7 Å². The minimum absolute atomic E-state index is 0. The van der Waals surface area contributed by atoms with E-state index >= 15 is 0 Å². The minimum atomic E-state index is 0. The van der Waals surface area contributed by atoms with Crippen molar-refractivity contribution in [3.8, 4) is 0 Å². The average Bonchev–Trinajstić information content (AvgIpc) is 1.27. The van der Waals surface area contributed by atoms with E-state index in [-0.39, 0.29) is 32.7 Å². The summed E-state index contributed by atoms with van der Waals surface area (Å²) < 4.78 is 0. The van der Waals surface area contributed by atoms with E-state index in [4.69, 9.17) is 0 Å². The molecule has 43 valence electrons. The second-order valence-corrected chi connectivity index (χ2v) is 1.91. The van der Waals surface area contributed by atoms with Gasteiger partial charge in [-0.15, -0.1) is 0 Å². The minimum Gasteiger partial charge on any atom is -0.249 e. The maximum atomic E-state index is 3.66. The van der Waals surface area contributed by atoms with Crippen LogP contribution in [0, 0.1) is 6.08 Å². The van der Waals surface area contributed by atoms with Gasteiger partial charge in [-0.25, -0.2) is 18.2 Å². The van der Waals surface area contributed by atoms with Crippen molar-refractivity contribution in [1.82, 2.24) is 0 Å². The molecule has 0 aliphatic carbocycles. The fraction of sp³-hybridized carbons (Fsp3) is 0.429. The number of allylic oxidation sites excluding steroid dienone is 3. The molecule has 0 saturated carbocycles. The molecule has 0 saturated heterocycles. The first-order valence-corrected chi connectivity index (χ1v) is 2.35. The normalized spacial score (nSPS) is 6.88. The largest absolute Gasteiger partial charge is 0.249 e. The molecular weight excluding hydrogens is 173 g/mol. The zero-order valence-electron chi connectivity index (χ0n) is 5.78. The van der Waals surface area contributed by atoms with Crippen LogP contribution in [0.2, 0.25) is 0 Å². The first-order chi connectivity index (χ1) is 3.13. The molecule has 8 heavy (non-hydrogen) atoms. The van der Waals surface area contributed by atoms with Gasteiger partial charge in [0.15, 0.2) is 0 Å². The summed E-state index contributed by atoms with van der Waals surface area (Å²) in [7, 11) is 0. The molecule has 0 nitrogen and oxygen atoms in total. The molecule has 0 unspecified atom stereocenters. The summed E-state index contributed by atoms with van der Waals surface area (Å²) in [6.07, 6.45) is 3.03. The maximum Gasteiger partial charge on any atom is 0 e. The standard InChI is InChI=1S/C7H11.Y/c1-6(2)5-7(3)4;/h1H2,2-4H3;/q-1;. The Labute approximate surface area is 76.9 Å². The summed E-state index contributed by atoms with van der Waals surface area (Å²) in [5, 5.41) is 0. The monoisotopic (exact) mass is 184 g/mol. The molecule has 0 spiro atoms. The van der Waals surface area contributed by atoms with Crippen LogP contribution in [-0.4, -0.2) is 0 Å². The molecule has 0 bridgehead atoms. The summed E-state index contributed by atoms with van der Waals surface area (Å²) in [6, 6.07) is 0. The molecular formula is C7H11Y-. The molecule has 1 heteroatoms. The van der Waals surface area contributed by atoms with Crippen LogP contribution in [0.1, 0.15) is 20.8 Å². The van der Waals surface area contributed by atoms with Gasteiger partial charge in [-0.05, 0) is 0 Å². The maximum absolute atomic E-state index is 3.66. The molecule has 0 rings (SSSR count). The van der Waals surface area contributed by atoms with Gasteiger partial charge in [0.25, 0.3) is 0 Å². The Morgan fingerprint density at radius 3 is 1.62 bits per heavy atom. The van der Waals surface area contributed by atoms with E-state index in [1.807, 2.05) is 20.8 Å². The third-order valence-electron chi connectivity index (χ3n) is 0.463. The van der Waals surface area contributed by atoms with Gasteiger partial charge >= 0.3 is 0 Å². The van der Waals surface area contributed by atoms with E-state index in [9.17, 15) is 0 Å². The topological polar surface area (TPSA) is 0 Å². The van der Waals surface area contributed by atoms with Gasteiger partial charge in [0.2, 0.25) is 0 Å². The van der Waals surface area contributed by atoms with Crippen molar-refractivity contribution in [3.63, 3.8) is 0 Å². The first-order valence-electron chi connectivity index (χ1n) is 2.35. The zero-order valence-corrected chi connectivity index (χ0v) is 8.62. The number of rotatable bonds is 1. The Kier molecular flexibility index (Phi) is 8.14. The Bertz CT molecular complexity index is 97.0. The van der Waals surface area contributed by atoms with Crippen LogP contribution in [0.4, 0.5) is 0 Å². The molecule has 0 fully saturated rings. The van der Waals surface area contributed by atoms with E-state index in [1.165, 1.54) is 5.57 Å². The molecule has 1 radical (unpaired) electrons. The van der Waals surface area contributed by atoms with E-state index in [0.29, 0.717) is 0 Å². The van der Waals surface area contributed by atoms with Crippen LogP contribution in [0.3, 0.4) is 0 Å². The quantitative estimate of drug-likeness (QED) is 0.433. The SMILES string of the molecule is C=C(C)[C-]=C(C)C.[Y]. The Hall–Kier alpha value is 0.584. The van der Waals surface area contributed by atoms with Crippen molar-refractivity contribution in [1.29, 1.82) is 0 Å². The third kappa shape index (κ3) is 9.77. The second kappa shape index (κ2) is 5.72. The number of hydrogen-bond acceptors (Lipinski definition) is 0. The van der Waals surface area contributed by atoms with Crippen LogP contribution < -0.4 is 0 Å². The van der Waals surface area contributed by atoms with Crippen molar-refractivity contribution in [2.75, 3.05) is 0 Å². The summed E-state index contributed by atoms with van der Waals surface area (Å²) in [5.41, 5.74) is 2.19. The molecule has 0 aliphatic rings. The van der Waals surface area contributed by atoms with E-state index in [2.05, 4.69) is 12.7 Å². The van der Waals surface area contributed by atoms with Crippen molar-refractivity contribution < 1.29 is 32.7 Å².